The van der Waals surface area contributed by atoms with Crippen molar-refractivity contribution in [1.29, 1.82) is 0 Å². The van der Waals surface area contributed by atoms with Crippen LogP contribution in [-0.4, -0.2) is 25.1 Å². The Morgan fingerprint density at radius 2 is 2.11 bits per heavy atom. The van der Waals surface area contributed by atoms with Crippen molar-refractivity contribution < 1.29 is 5.11 Å². The first kappa shape index (κ1) is 14.0. The number of aryl methyl sites for hydroxylation is 3. The summed E-state index contributed by atoms with van der Waals surface area (Å²) in [6.45, 7) is 6.43. The van der Waals surface area contributed by atoms with Gasteiger partial charge in [-0.3, -0.25) is 4.68 Å². The zero-order valence-electron chi connectivity index (χ0n) is 11.3. The first-order valence-electron chi connectivity index (χ1n) is 6.24. The lowest BCUT2D eigenvalue weighted by atomic mass is 10.1. The van der Waals surface area contributed by atoms with Gasteiger partial charge in [0.05, 0.1) is 28.3 Å². The molecular weight excluding hydrogens is 264 g/mol. The molecule has 2 rings (SSSR count). The Bertz CT molecular complexity index is 582. The highest BCUT2D eigenvalue weighted by Crippen LogP contribution is 2.29. The van der Waals surface area contributed by atoms with Gasteiger partial charge in [-0.25, -0.2) is 0 Å². The lowest BCUT2D eigenvalue weighted by molar-refractivity contribution is 0.206. The van der Waals surface area contributed by atoms with E-state index in [1.54, 1.807) is 10.9 Å². The van der Waals surface area contributed by atoms with Crippen molar-refractivity contribution in [2.24, 2.45) is 0 Å². The fourth-order valence-corrected chi connectivity index (χ4v) is 2.27. The van der Waals surface area contributed by atoms with Crippen molar-refractivity contribution in [1.82, 2.24) is 20.0 Å². The number of hydrogen-bond donors (Lipinski definition) is 1. The number of aliphatic hydroxyl groups excluding tert-OH is 1. The second kappa shape index (κ2) is 5.67. The average Bonchev–Trinajstić information content (AvgIpc) is 2.73. The Hall–Kier alpha value is -1.46. The third-order valence-corrected chi connectivity index (χ3v) is 3.25. The molecule has 0 aliphatic rings. The fourth-order valence-electron chi connectivity index (χ4n) is 2.03. The van der Waals surface area contributed by atoms with Crippen LogP contribution in [0.1, 0.15) is 42.1 Å². The molecule has 0 bridgehead atoms. The van der Waals surface area contributed by atoms with Crippen LogP contribution in [0.3, 0.4) is 0 Å². The van der Waals surface area contributed by atoms with Crippen molar-refractivity contribution in [3.63, 3.8) is 0 Å². The van der Waals surface area contributed by atoms with Crippen LogP contribution < -0.4 is 0 Å². The molecule has 5 nitrogen and oxygen atoms in total. The molecule has 2 aromatic heterocycles. The molecule has 102 valence electrons. The van der Waals surface area contributed by atoms with Crippen molar-refractivity contribution in [3.05, 3.63) is 39.9 Å². The SMILES string of the molecule is CCCn1ncc(Cl)c1C(O)c1cc(C)nnc1C. The maximum absolute atomic E-state index is 10.6. The predicted octanol–water partition coefficient (Wildman–Crippen LogP) is 2.44. The first-order valence-corrected chi connectivity index (χ1v) is 6.62. The number of aliphatic hydroxyl groups is 1. The minimum atomic E-state index is -0.837. The van der Waals surface area contributed by atoms with Gasteiger partial charge in [-0.2, -0.15) is 15.3 Å². The molecule has 0 aliphatic heterocycles. The van der Waals surface area contributed by atoms with Crippen LogP contribution in [0.5, 0.6) is 0 Å². The number of rotatable bonds is 4. The van der Waals surface area contributed by atoms with E-state index in [1.807, 2.05) is 19.9 Å². The summed E-state index contributed by atoms with van der Waals surface area (Å²) in [6, 6.07) is 1.83. The molecule has 6 heteroatoms. The lowest BCUT2D eigenvalue weighted by Gasteiger charge is -2.15. The molecule has 0 aliphatic carbocycles. The van der Waals surface area contributed by atoms with Crippen LogP contribution in [0.2, 0.25) is 5.02 Å². The maximum Gasteiger partial charge on any atom is 0.124 e. The molecule has 2 aromatic rings. The Morgan fingerprint density at radius 3 is 2.79 bits per heavy atom. The monoisotopic (exact) mass is 280 g/mol. The molecule has 1 N–H and O–H groups in total. The topological polar surface area (TPSA) is 63.8 Å². The van der Waals surface area contributed by atoms with Gasteiger partial charge in [-0.05, 0) is 26.3 Å². The number of nitrogens with zero attached hydrogens (tertiary/aromatic N) is 4. The molecule has 0 spiro atoms. The molecule has 1 unspecified atom stereocenters. The molecule has 2 heterocycles. The van der Waals surface area contributed by atoms with Crippen LogP contribution in [0.15, 0.2) is 12.3 Å². The summed E-state index contributed by atoms with van der Waals surface area (Å²) >= 11 is 6.14. The van der Waals surface area contributed by atoms with Gasteiger partial charge in [0.15, 0.2) is 0 Å². The first-order chi connectivity index (χ1) is 9.04. The molecule has 0 amide bonds. The van der Waals surface area contributed by atoms with E-state index in [0.717, 1.165) is 18.7 Å². The molecule has 19 heavy (non-hydrogen) atoms. The zero-order chi connectivity index (χ0) is 14.0. The van der Waals surface area contributed by atoms with Gasteiger partial charge in [0.1, 0.15) is 6.10 Å². The second-order valence-electron chi connectivity index (χ2n) is 4.53. The third kappa shape index (κ3) is 2.77. The Morgan fingerprint density at radius 1 is 1.37 bits per heavy atom. The second-order valence-corrected chi connectivity index (χ2v) is 4.94. The highest BCUT2D eigenvalue weighted by molar-refractivity contribution is 6.31. The van der Waals surface area contributed by atoms with Gasteiger partial charge in [-0.15, -0.1) is 0 Å². The van der Waals surface area contributed by atoms with E-state index in [4.69, 9.17) is 11.6 Å². The third-order valence-electron chi connectivity index (χ3n) is 2.96. The highest BCUT2D eigenvalue weighted by atomic mass is 35.5. The van der Waals surface area contributed by atoms with Crippen LogP contribution in [-0.2, 0) is 6.54 Å². The van der Waals surface area contributed by atoms with E-state index in [-0.39, 0.29) is 0 Å². The minimum Gasteiger partial charge on any atom is -0.382 e. The van der Waals surface area contributed by atoms with E-state index >= 15 is 0 Å². The van der Waals surface area contributed by atoms with Gasteiger partial charge in [0, 0.05) is 12.1 Å². The molecule has 0 aromatic carbocycles. The Balaban J connectivity index is 2.46. The largest absolute Gasteiger partial charge is 0.382 e. The summed E-state index contributed by atoms with van der Waals surface area (Å²) in [6.07, 6.45) is 1.65. The van der Waals surface area contributed by atoms with E-state index in [0.29, 0.717) is 22.0 Å². The summed E-state index contributed by atoms with van der Waals surface area (Å²) < 4.78 is 1.74. The van der Waals surface area contributed by atoms with Crippen molar-refractivity contribution in [2.75, 3.05) is 0 Å². The van der Waals surface area contributed by atoms with Gasteiger partial charge < -0.3 is 5.11 Å². The van der Waals surface area contributed by atoms with Crippen molar-refractivity contribution in [2.45, 2.75) is 39.8 Å². The zero-order valence-corrected chi connectivity index (χ0v) is 12.0. The summed E-state index contributed by atoms with van der Waals surface area (Å²) in [7, 11) is 0. The summed E-state index contributed by atoms with van der Waals surface area (Å²) in [5, 5.41) is 23.2. The summed E-state index contributed by atoms with van der Waals surface area (Å²) in [5.41, 5.74) is 2.78. The quantitative estimate of drug-likeness (QED) is 0.934. The number of halogens is 1. The average molecular weight is 281 g/mol. The normalized spacial score (nSPS) is 12.7. The Labute approximate surface area is 117 Å². The molecule has 0 saturated heterocycles. The van der Waals surface area contributed by atoms with Crippen LogP contribution in [0, 0.1) is 13.8 Å². The van der Waals surface area contributed by atoms with E-state index in [2.05, 4.69) is 22.2 Å². The van der Waals surface area contributed by atoms with Crippen LogP contribution in [0.4, 0.5) is 0 Å². The van der Waals surface area contributed by atoms with Gasteiger partial charge in [0.25, 0.3) is 0 Å². The fraction of sp³-hybridized carbons (Fsp3) is 0.462. The van der Waals surface area contributed by atoms with Crippen LogP contribution in [0.25, 0.3) is 0 Å². The van der Waals surface area contributed by atoms with Gasteiger partial charge in [-0.1, -0.05) is 18.5 Å². The molecular formula is C13H17ClN4O. The van der Waals surface area contributed by atoms with E-state index < -0.39 is 6.10 Å². The van der Waals surface area contributed by atoms with Crippen molar-refractivity contribution >= 4 is 11.6 Å². The summed E-state index contributed by atoms with van der Waals surface area (Å²) in [5.74, 6) is 0. The lowest BCUT2D eigenvalue weighted by Crippen LogP contribution is -2.12. The summed E-state index contributed by atoms with van der Waals surface area (Å²) in [4.78, 5) is 0. The highest BCUT2D eigenvalue weighted by Gasteiger charge is 2.22. The minimum absolute atomic E-state index is 0.467. The molecule has 0 radical (unpaired) electrons. The number of aromatic nitrogens is 4. The predicted molar refractivity (Wildman–Crippen MR) is 73.1 cm³/mol. The standard InChI is InChI=1S/C13H17ClN4O/c1-4-5-18-12(11(14)7-15-18)13(19)10-6-8(2)16-17-9(10)3/h6-7,13,19H,4-5H2,1-3H3. The molecule has 0 fully saturated rings. The maximum atomic E-state index is 10.6. The molecule has 1 atom stereocenters. The van der Waals surface area contributed by atoms with Crippen LogP contribution >= 0.6 is 11.6 Å². The molecule has 0 saturated carbocycles. The van der Waals surface area contributed by atoms with Gasteiger partial charge >= 0.3 is 0 Å². The number of hydrogen-bond acceptors (Lipinski definition) is 4. The smallest absolute Gasteiger partial charge is 0.124 e. The van der Waals surface area contributed by atoms with E-state index in [1.165, 1.54) is 0 Å². The Kier molecular flexibility index (Phi) is 4.17. The van der Waals surface area contributed by atoms with Crippen molar-refractivity contribution in [3.8, 4) is 0 Å². The van der Waals surface area contributed by atoms with Gasteiger partial charge in [0.2, 0.25) is 0 Å². The van der Waals surface area contributed by atoms with E-state index in [9.17, 15) is 5.11 Å².